The Kier molecular flexibility index (Phi) is 6.31. The molecule has 24 heavy (non-hydrogen) atoms. The van der Waals surface area contributed by atoms with Gasteiger partial charge in [0.15, 0.2) is 5.11 Å². The number of anilines is 1. The first-order valence-electron chi connectivity index (χ1n) is 7.75. The second-order valence-corrected chi connectivity index (χ2v) is 7.35. The van der Waals surface area contributed by atoms with Gasteiger partial charge in [-0.2, -0.15) is 0 Å². The molecule has 126 valence electrons. The molecule has 2 heterocycles. The Morgan fingerprint density at radius 3 is 2.79 bits per heavy atom. The molecule has 0 spiro atoms. The van der Waals surface area contributed by atoms with Gasteiger partial charge in [-0.25, -0.2) is 4.98 Å². The molecule has 1 aromatic carbocycles. The summed E-state index contributed by atoms with van der Waals surface area (Å²) in [5.41, 5.74) is 0.861. The predicted octanol–water partition coefficient (Wildman–Crippen LogP) is 4.35. The Bertz CT molecular complexity index is 673. The van der Waals surface area contributed by atoms with Crippen molar-refractivity contribution in [2.45, 2.75) is 28.9 Å². The fourth-order valence-corrected chi connectivity index (χ4v) is 3.41. The van der Waals surface area contributed by atoms with Gasteiger partial charge in [0.1, 0.15) is 5.03 Å². The maximum Gasteiger partial charge on any atom is 0.170 e. The van der Waals surface area contributed by atoms with E-state index in [-0.39, 0.29) is 6.10 Å². The highest BCUT2D eigenvalue weighted by atomic mass is 35.5. The Morgan fingerprint density at radius 1 is 1.29 bits per heavy atom. The predicted molar refractivity (Wildman–Crippen MR) is 103 cm³/mol. The van der Waals surface area contributed by atoms with Gasteiger partial charge in [0.25, 0.3) is 0 Å². The van der Waals surface area contributed by atoms with Crippen molar-refractivity contribution in [2.75, 3.05) is 18.5 Å². The van der Waals surface area contributed by atoms with E-state index in [1.54, 1.807) is 18.0 Å². The summed E-state index contributed by atoms with van der Waals surface area (Å²) in [5.74, 6) is 0. The third-order valence-corrected chi connectivity index (χ3v) is 5.00. The number of hydrogen-bond donors (Lipinski definition) is 2. The van der Waals surface area contributed by atoms with Gasteiger partial charge in [0, 0.05) is 23.1 Å². The molecule has 0 radical (unpaired) electrons. The van der Waals surface area contributed by atoms with Crippen LogP contribution in [0, 0.1) is 0 Å². The van der Waals surface area contributed by atoms with Crippen molar-refractivity contribution in [3.63, 3.8) is 0 Å². The topological polar surface area (TPSA) is 46.2 Å². The molecular formula is C17H18ClN3OS2. The van der Waals surface area contributed by atoms with Crippen LogP contribution in [0.1, 0.15) is 12.8 Å². The van der Waals surface area contributed by atoms with Crippen LogP contribution in [0.5, 0.6) is 0 Å². The summed E-state index contributed by atoms with van der Waals surface area (Å²) in [5, 5.41) is 8.56. The molecule has 1 saturated heterocycles. The van der Waals surface area contributed by atoms with Crippen molar-refractivity contribution in [3.8, 4) is 0 Å². The van der Waals surface area contributed by atoms with Crippen molar-refractivity contribution in [3.05, 3.63) is 47.6 Å². The van der Waals surface area contributed by atoms with Crippen molar-refractivity contribution in [2.24, 2.45) is 0 Å². The molecule has 4 nitrogen and oxygen atoms in total. The van der Waals surface area contributed by atoms with Crippen LogP contribution in [-0.2, 0) is 4.74 Å². The lowest BCUT2D eigenvalue weighted by atomic mass is 10.2. The van der Waals surface area contributed by atoms with Crippen LogP contribution in [-0.4, -0.2) is 29.4 Å². The highest BCUT2D eigenvalue weighted by Gasteiger charge is 2.15. The van der Waals surface area contributed by atoms with E-state index in [1.807, 2.05) is 36.4 Å². The van der Waals surface area contributed by atoms with E-state index in [2.05, 4.69) is 15.6 Å². The number of hydrogen-bond acceptors (Lipinski definition) is 4. The second-order valence-electron chi connectivity index (χ2n) is 5.41. The molecule has 2 N–H and O–H groups in total. The summed E-state index contributed by atoms with van der Waals surface area (Å²) < 4.78 is 5.56. The number of pyridine rings is 1. The molecule has 0 amide bonds. The fourth-order valence-electron chi connectivity index (χ4n) is 2.33. The first-order valence-corrected chi connectivity index (χ1v) is 9.35. The molecule has 7 heteroatoms. The van der Waals surface area contributed by atoms with Crippen LogP contribution in [0.4, 0.5) is 5.69 Å². The molecule has 2 aromatic rings. The van der Waals surface area contributed by atoms with Crippen molar-refractivity contribution < 1.29 is 4.74 Å². The Labute approximate surface area is 156 Å². The van der Waals surface area contributed by atoms with E-state index in [4.69, 9.17) is 28.6 Å². The lowest BCUT2D eigenvalue weighted by Gasteiger charge is -2.14. The van der Waals surface area contributed by atoms with Crippen LogP contribution in [0.25, 0.3) is 0 Å². The molecule has 0 unspecified atom stereocenters. The number of nitrogens with one attached hydrogen (secondary N) is 2. The standard InChI is InChI=1S/C17H18ClN3OS2/c18-12-3-6-15(7-4-12)24-16-8-5-13(10-19-16)21-17(23)20-11-14-2-1-9-22-14/h3-8,10,14H,1-2,9,11H2,(H2,20,21,23)/t14-/m1/s1. The maximum absolute atomic E-state index is 5.89. The summed E-state index contributed by atoms with van der Waals surface area (Å²) >= 11 is 12.8. The first kappa shape index (κ1) is 17.5. The summed E-state index contributed by atoms with van der Waals surface area (Å²) in [6.07, 6.45) is 4.26. The average Bonchev–Trinajstić information content (AvgIpc) is 3.10. The van der Waals surface area contributed by atoms with Crippen molar-refractivity contribution in [1.29, 1.82) is 0 Å². The molecule has 1 fully saturated rings. The molecule has 0 bridgehead atoms. The number of ether oxygens (including phenoxy) is 1. The zero-order chi connectivity index (χ0) is 16.8. The number of halogens is 1. The van der Waals surface area contributed by atoms with Gasteiger partial charge >= 0.3 is 0 Å². The van der Waals surface area contributed by atoms with Crippen molar-refractivity contribution >= 4 is 46.4 Å². The second kappa shape index (κ2) is 8.67. The molecule has 0 saturated carbocycles. The van der Waals surface area contributed by atoms with Gasteiger partial charge in [-0.1, -0.05) is 23.4 Å². The van der Waals surface area contributed by atoms with Gasteiger partial charge in [-0.3, -0.25) is 0 Å². The molecule has 1 atom stereocenters. The van der Waals surface area contributed by atoms with E-state index < -0.39 is 0 Å². The Balaban J connectivity index is 1.48. The molecular weight excluding hydrogens is 362 g/mol. The largest absolute Gasteiger partial charge is 0.376 e. The third kappa shape index (κ3) is 5.34. The number of rotatable bonds is 5. The minimum absolute atomic E-state index is 0.265. The van der Waals surface area contributed by atoms with Gasteiger partial charge in [-0.05, 0) is 61.5 Å². The van der Waals surface area contributed by atoms with E-state index in [0.717, 1.165) is 46.6 Å². The lowest BCUT2D eigenvalue weighted by molar-refractivity contribution is 0.114. The van der Waals surface area contributed by atoms with Crippen LogP contribution in [0.2, 0.25) is 5.02 Å². The molecule has 1 aromatic heterocycles. The number of benzene rings is 1. The van der Waals surface area contributed by atoms with Gasteiger partial charge in [0.2, 0.25) is 0 Å². The summed E-state index contributed by atoms with van der Waals surface area (Å²) in [6.45, 7) is 1.59. The zero-order valence-electron chi connectivity index (χ0n) is 13.0. The first-order chi connectivity index (χ1) is 11.7. The minimum Gasteiger partial charge on any atom is -0.376 e. The summed E-state index contributed by atoms with van der Waals surface area (Å²) in [6, 6.07) is 11.6. The van der Waals surface area contributed by atoms with Gasteiger partial charge in [0.05, 0.1) is 18.0 Å². The fraction of sp³-hybridized carbons (Fsp3) is 0.294. The maximum atomic E-state index is 5.89. The number of nitrogens with zero attached hydrogens (tertiary/aromatic N) is 1. The van der Waals surface area contributed by atoms with Crippen LogP contribution in [0.15, 0.2) is 52.5 Å². The lowest BCUT2D eigenvalue weighted by Crippen LogP contribution is -2.34. The van der Waals surface area contributed by atoms with E-state index in [9.17, 15) is 0 Å². The monoisotopic (exact) mass is 379 g/mol. The normalized spacial score (nSPS) is 16.8. The smallest absolute Gasteiger partial charge is 0.170 e. The molecule has 1 aliphatic heterocycles. The van der Waals surface area contributed by atoms with Crippen LogP contribution in [0.3, 0.4) is 0 Å². The van der Waals surface area contributed by atoms with E-state index in [1.165, 1.54) is 0 Å². The van der Waals surface area contributed by atoms with Crippen molar-refractivity contribution in [1.82, 2.24) is 10.3 Å². The minimum atomic E-state index is 0.265. The zero-order valence-corrected chi connectivity index (χ0v) is 15.4. The summed E-state index contributed by atoms with van der Waals surface area (Å²) in [7, 11) is 0. The average molecular weight is 380 g/mol. The number of aromatic nitrogens is 1. The highest BCUT2D eigenvalue weighted by molar-refractivity contribution is 7.99. The van der Waals surface area contributed by atoms with E-state index in [0.29, 0.717) is 5.11 Å². The van der Waals surface area contributed by atoms with E-state index >= 15 is 0 Å². The molecule has 1 aliphatic rings. The van der Waals surface area contributed by atoms with Crippen LogP contribution < -0.4 is 10.6 Å². The summed E-state index contributed by atoms with van der Waals surface area (Å²) in [4.78, 5) is 5.54. The third-order valence-electron chi connectivity index (χ3n) is 3.54. The van der Waals surface area contributed by atoms with Gasteiger partial charge < -0.3 is 15.4 Å². The van der Waals surface area contributed by atoms with Crippen LogP contribution >= 0.6 is 35.6 Å². The molecule has 0 aliphatic carbocycles. The highest BCUT2D eigenvalue weighted by Crippen LogP contribution is 2.27. The number of thiocarbonyl (C=S) groups is 1. The quantitative estimate of drug-likeness (QED) is 0.753. The Hall–Kier alpha value is -1.34. The van der Waals surface area contributed by atoms with Gasteiger partial charge in [-0.15, -0.1) is 0 Å². The SMILES string of the molecule is S=C(NC[C@H]1CCCO1)Nc1ccc(Sc2ccc(Cl)cc2)nc1. The molecule has 3 rings (SSSR count). The Morgan fingerprint density at radius 2 is 2.12 bits per heavy atom.